The molecule has 1 heterocycles. The standard InChI is InChI=1S/C18H12BrNO3/c19-14-7-8-16-13(10-14)11-15(18(22)23-16)20-17(21)9-6-12-4-2-1-3-5-12/h1-11H,(H,20,21)/b9-6+. The van der Waals surface area contributed by atoms with Crippen molar-refractivity contribution < 1.29 is 9.21 Å². The normalized spacial score (nSPS) is 11.0. The van der Waals surface area contributed by atoms with Crippen LogP contribution in [0.15, 0.2) is 74.4 Å². The predicted molar refractivity (Wildman–Crippen MR) is 94.3 cm³/mol. The third kappa shape index (κ3) is 3.76. The number of rotatable bonds is 3. The second-order valence-electron chi connectivity index (χ2n) is 4.86. The summed E-state index contributed by atoms with van der Waals surface area (Å²) in [6, 6.07) is 16.3. The van der Waals surface area contributed by atoms with Crippen LogP contribution in [0.1, 0.15) is 5.56 Å². The fourth-order valence-corrected chi connectivity index (χ4v) is 2.47. The quantitative estimate of drug-likeness (QED) is 0.555. The topological polar surface area (TPSA) is 59.3 Å². The van der Waals surface area contributed by atoms with E-state index in [1.807, 2.05) is 36.4 Å². The predicted octanol–water partition coefficient (Wildman–Crippen LogP) is 4.21. The number of carbonyl (C=O) groups is 1. The lowest BCUT2D eigenvalue weighted by atomic mass is 10.2. The maximum atomic E-state index is 12.0. The molecule has 0 aliphatic rings. The molecule has 0 spiro atoms. The minimum Gasteiger partial charge on any atom is -0.421 e. The van der Waals surface area contributed by atoms with E-state index < -0.39 is 11.5 Å². The van der Waals surface area contributed by atoms with Crippen molar-refractivity contribution in [3.63, 3.8) is 0 Å². The molecule has 0 fully saturated rings. The molecule has 5 heteroatoms. The summed E-state index contributed by atoms with van der Waals surface area (Å²) in [7, 11) is 0. The second kappa shape index (κ2) is 6.62. The number of nitrogens with one attached hydrogen (secondary N) is 1. The minimum absolute atomic E-state index is 0.110. The first-order valence-corrected chi connectivity index (χ1v) is 7.69. The van der Waals surface area contributed by atoms with Crippen LogP contribution >= 0.6 is 15.9 Å². The van der Waals surface area contributed by atoms with Gasteiger partial charge in [-0.05, 0) is 35.9 Å². The zero-order valence-electron chi connectivity index (χ0n) is 12.0. The van der Waals surface area contributed by atoms with Gasteiger partial charge in [-0.2, -0.15) is 0 Å². The lowest BCUT2D eigenvalue weighted by molar-refractivity contribution is -0.111. The Morgan fingerprint density at radius 1 is 1.09 bits per heavy atom. The van der Waals surface area contributed by atoms with Crippen LogP contribution < -0.4 is 10.9 Å². The Morgan fingerprint density at radius 2 is 1.87 bits per heavy atom. The van der Waals surface area contributed by atoms with Gasteiger partial charge in [-0.1, -0.05) is 46.3 Å². The lowest BCUT2D eigenvalue weighted by Crippen LogP contribution is -2.15. The zero-order chi connectivity index (χ0) is 16.2. The summed E-state index contributed by atoms with van der Waals surface area (Å²) in [6.07, 6.45) is 3.05. The van der Waals surface area contributed by atoms with Crippen molar-refractivity contribution in [3.8, 4) is 0 Å². The van der Waals surface area contributed by atoms with Crippen LogP contribution in [0.3, 0.4) is 0 Å². The number of hydrogen-bond acceptors (Lipinski definition) is 3. The van der Waals surface area contributed by atoms with Crippen LogP contribution in [0.4, 0.5) is 5.69 Å². The van der Waals surface area contributed by atoms with Crippen LogP contribution in [0.2, 0.25) is 0 Å². The van der Waals surface area contributed by atoms with Crippen molar-refractivity contribution >= 4 is 44.6 Å². The molecule has 0 saturated heterocycles. The highest BCUT2D eigenvalue weighted by Gasteiger charge is 2.07. The van der Waals surface area contributed by atoms with Gasteiger partial charge in [-0.3, -0.25) is 4.79 Å². The maximum Gasteiger partial charge on any atom is 0.360 e. The van der Waals surface area contributed by atoms with Crippen LogP contribution in [0.25, 0.3) is 17.0 Å². The van der Waals surface area contributed by atoms with Crippen molar-refractivity contribution in [1.29, 1.82) is 0 Å². The van der Waals surface area contributed by atoms with Crippen molar-refractivity contribution in [3.05, 3.63) is 81.1 Å². The molecule has 3 aromatic rings. The largest absolute Gasteiger partial charge is 0.421 e. The molecule has 1 N–H and O–H groups in total. The van der Waals surface area contributed by atoms with Gasteiger partial charge in [0.25, 0.3) is 0 Å². The Balaban J connectivity index is 1.83. The van der Waals surface area contributed by atoms with E-state index in [0.717, 1.165) is 15.4 Å². The van der Waals surface area contributed by atoms with Crippen molar-refractivity contribution in [2.24, 2.45) is 0 Å². The first-order chi connectivity index (χ1) is 11.1. The van der Waals surface area contributed by atoms with E-state index in [-0.39, 0.29) is 5.69 Å². The van der Waals surface area contributed by atoms with Crippen molar-refractivity contribution in [2.45, 2.75) is 0 Å². The smallest absolute Gasteiger partial charge is 0.360 e. The van der Waals surface area contributed by atoms with Gasteiger partial charge in [0.2, 0.25) is 5.91 Å². The number of hydrogen-bond donors (Lipinski definition) is 1. The summed E-state index contributed by atoms with van der Waals surface area (Å²) < 4.78 is 6.06. The van der Waals surface area contributed by atoms with E-state index in [1.54, 1.807) is 24.3 Å². The maximum absolute atomic E-state index is 12.0. The third-order valence-corrected chi connectivity index (χ3v) is 3.67. The zero-order valence-corrected chi connectivity index (χ0v) is 13.5. The first kappa shape index (κ1) is 15.2. The number of fused-ring (bicyclic) bond motifs is 1. The van der Waals surface area contributed by atoms with E-state index in [4.69, 9.17) is 4.42 Å². The van der Waals surface area contributed by atoms with E-state index in [0.29, 0.717) is 5.58 Å². The average molecular weight is 370 g/mol. The van der Waals surface area contributed by atoms with Gasteiger partial charge in [-0.25, -0.2) is 4.79 Å². The number of amides is 1. The van der Waals surface area contributed by atoms with Crippen LogP contribution in [-0.2, 0) is 4.79 Å². The lowest BCUT2D eigenvalue weighted by Gasteiger charge is -2.03. The number of benzene rings is 2. The van der Waals surface area contributed by atoms with E-state index in [9.17, 15) is 9.59 Å². The number of carbonyl (C=O) groups excluding carboxylic acids is 1. The molecular weight excluding hydrogens is 358 g/mol. The molecule has 0 aliphatic carbocycles. The van der Waals surface area contributed by atoms with Crippen molar-refractivity contribution in [1.82, 2.24) is 0 Å². The molecular formula is C18H12BrNO3. The van der Waals surface area contributed by atoms with Gasteiger partial charge >= 0.3 is 5.63 Å². The van der Waals surface area contributed by atoms with Crippen LogP contribution in [-0.4, -0.2) is 5.91 Å². The molecule has 0 unspecified atom stereocenters. The Labute approximate surface area is 140 Å². The number of anilines is 1. The minimum atomic E-state index is -0.582. The Bertz CT molecular complexity index is 945. The summed E-state index contributed by atoms with van der Waals surface area (Å²) in [5.74, 6) is -0.393. The fraction of sp³-hybridized carbons (Fsp3) is 0. The summed E-state index contributed by atoms with van der Waals surface area (Å²) >= 11 is 3.36. The third-order valence-electron chi connectivity index (χ3n) is 3.18. The Kier molecular flexibility index (Phi) is 4.39. The van der Waals surface area contributed by atoms with Gasteiger partial charge in [0.15, 0.2) is 0 Å². The fourth-order valence-electron chi connectivity index (χ4n) is 2.09. The highest BCUT2D eigenvalue weighted by atomic mass is 79.9. The molecule has 0 bridgehead atoms. The molecule has 1 amide bonds. The molecule has 3 rings (SSSR count). The van der Waals surface area contributed by atoms with Gasteiger partial charge in [-0.15, -0.1) is 0 Å². The molecule has 114 valence electrons. The monoisotopic (exact) mass is 369 g/mol. The summed E-state index contributed by atoms with van der Waals surface area (Å²) in [5.41, 5.74) is 0.896. The Morgan fingerprint density at radius 3 is 2.65 bits per heavy atom. The molecule has 0 radical (unpaired) electrons. The second-order valence-corrected chi connectivity index (χ2v) is 5.78. The van der Waals surface area contributed by atoms with Crippen molar-refractivity contribution in [2.75, 3.05) is 5.32 Å². The molecule has 0 aliphatic heterocycles. The van der Waals surface area contributed by atoms with Gasteiger partial charge in [0.05, 0.1) is 0 Å². The molecule has 0 atom stereocenters. The van der Waals surface area contributed by atoms with Gasteiger partial charge < -0.3 is 9.73 Å². The first-order valence-electron chi connectivity index (χ1n) is 6.89. The number of halogens is 1. The van der Waals surface area contributed by atoms with Crippen LogP contribution in [0, 0.1) is 0 Å². The average Bonchev–Trinajstić information content (AvgIpc) is 2.55. The molecule has 0 saturated carbocycles. The Hall–Kier alpha value is -2.66. The molecule has 4 nitrogen and oxygen atoms in total. The van der Waals surface area contributed by atoms with E-state index in [2.05, 4.69) is 21.2 Å². The highest BCUT2D eigenvalue weighted by molar-refractivity contribution is 9.10. The van der Waals surface area contributed by atoms with Gasteiger partial charge in [0, 0.05) is 15.9 Å². The van der Waals surface area contributed by atoms with E-state index >= 15 is 0 Å². The van der Waals surface area contributed by atoms with Gasteiger partial charge in [0.1, 0.15) is 11.3 Å². The SMILES string of the molecule is O=C(/C=C/c1ccccc1)Nc1cc2cc(Br)ccc2oc1=O. The highest BCUT2D eigenvalue weighted by Crippen LogP contribution is 2.20. The summed E-state index contributed by atoms with van der Waals surface area (Å²) in [5, 5.41) is 3.27. The summed E-state index contributed by atoms with van der Waals surface area (Å²) in [6.45, 7) is 0. The molecule has 23 heavy (non-hydrogen) atoms. The molecule has 1 aromatic heterocycles. The summed E-state index contributed by atoms with van der Waals surface area (Å²) in [4.78, 5) is 23.9. The molecule has 2 aromatic carbocycles. The van der Waals surface area contributed by atoms with Crippen LogP contribution in [0.5, 0.6) is 0 Å². The van der Waals surface area contributed by atoms with E-state index in [1.165, 1.54) is 6.08 Å².